The van der Waals surface area contributed by atoms with Crippen LogP contribution in [0.2, 0.25) is 0 Å². The second kappa shape index (κ2) is 4.91. The number of rotatable bonds is 1. The van der Waals surface area contributed by atoms with Crippen LogP contribution in [0.5, 0.6) is 0 Å². The van der Waals surface area contributed by atoms with Crippen molar-refractivity contribution >= 4 is 26.8 Å². The number of pyridine rings is 1. The first-order chi connectivity index (χ1) is 9.59. The molecule has 0 unspecified atom stereocenters. The van der Waals surface area contributed by atoms with Crippen molar-refractivity contribution in [3.63, 3.8) is 0 Å². The average molecular weight is 328 g/mol. The summed E-state index contributed by atoms with van der Waals surface area (Å²) >= 11 is 3.58. The van der Waals surface area contributed by atoms with Crippen LogP contribution in [-0.4, -0.2) is 4.98 Å². The Labute approximate surface area is 125 Å². The van der Waals surface area contributed by atoms with Crippen LogP contribution in [0.3, 0.4) is 0 Å². The number of H-pyrrole nitrogens is 1. The zero-order chi connectivity index (χ0) is 14.3. The first-order valence-electron chi connectivity index (χ1n) is 6.46. The van der Waals surface area contributed by atoms with Gasteiger partial charge in [-0.3, -0.25) is 4.79 Å². The van der Waals surface area contributed by atoms with Crippen molar-refractivity contribution in [1.29, 1.82) is 0 Å². The van der Waals surface area contributed by atoms with Gasteiger partial charge >= 0.3 is 0 Å². The van der Waals surface area contributed by atoms with E-state index in [-0.39, 0.29) is 5.43 Å². The molecule has 0 radical (unpaired) electrons. The number of hydrogen-bond donors (Lipinski definition) is 1. The number of aromatic amines is 1. The van der Waals surface area contributed by atoms with Gasteiger partial charge in [0.25, 0.3) is 0 Å². The van der Waals surface area contributed by atoms with Gasteiger partial charge in [-0.05, 0) is 47.0 Å². The lowest BCUT2D eigenvalue weighted by molar-refractivity contribution is 1.28. The quantitative estimate of drug-likeness (QED) is 0.697. The fourth-order valence-corrected chi connectivity index (χ4v) is 2.86. The third kappa shape index (κ3) is 1.98. The van der Waals surface area contributed by atoms with E-state index < -0.39 is 0 Å². The summed E-state index contributed by atoms with van der Waals surface area (Å²) in [6.45, 7) is 3.89. The molecule has 0 aliphatic rings. The third-order valence-electron chi connectivity index (χ3n) is 3.61. The molecule has 0 atom stereocenters. The fourth-order valence-electron chi connectivity index (χ4n) is 2.42. The van der Waals surface area contributed by atoms with E-state index in [0.717, 1.165) is 37.8 Å². The van der Waals surface area contributed by atoms with Gasteiger partial charge in [-0.1, -0.05) is 36.4 Å². The van der Waals surface area contributed by atoms with Gasteiger partial charge in [-0.2, -0.15) is 0 Å². The van der Waals surface area contributed by atoms with Crippen LogP contribution in [-0.2, 0) is 0 Å². The highest BCUT2D eigenvalue weighted by Crippen LogP contribution is 2.28. The lowest BCUT2D eigenvalue weighted by Crippen LogP contribution is -2.10. The summed E-state index contributed by atoms with van der Waals surface area (Å²) in [4.78, 5) is 16.0. The molecule has 0 fully saturated rings. The molecular weight excluding hydrogens is 314 g/mol. The molecule has 100 valence electrons. The minimum atomic E-state index is 0.0818. The number of halogens is 1. The standard InChI is InChI=1S/C17H14BrNO/c1-10-8-9-13-16(14(10)18)19-15(11(2)17(13)20)12-6-4-3-5-7-12/h3-9H,1-2H3,(H,19,20). The molecule has 0 spiro atoms. The maximum absolute atomic E-state index is 12.5. The van der Waals surface area contributed by atoms with E-state index in [0.29, 0.717) is 0 Å². The molecule has 20 heavy (non-hydrogen) atoms. The topological polar surface area (TPSA) is 32.9 Å². The average Bonchev–Trinajstić information content (AvgIpc) is 2.47. The summed E-state index contributed by atoms with van der Waals surface area (Å²) in [7, 11) is 0. The number of benzene rings is 2. The lowest BCUT2D eigenvalue weighted by atomic mass is 10.0. The van der Waals surface area contributed by atoms with Crippen LogP contribution >= 0.6 is 15.9 Å². The monoisotopic (exact) mass is 327 g/mol. The Hall–Kier alpha value is -1.87. The molecule has 0 aliphatic heterocycles. The minimum absolute atomic E-state index is 0.0818. The largest absolute Gasteiger partial charge is 0.353 e. The van der Waals surface area contributed by atoms with Crippen molar-refractivity contribution in [2.24, 2.45) is 0 Å². The molecule has 1 N–H and O–H groups in total. The molecule has 0 amide bonds. The summed E-state index contributed by atoms with van der Waals surface area (Å²) < 4.78 is 0.948. The van der Waals surface area contributed by atoms with Crippen LogP contribution in [0.25, 0.3) is 22.2 Å². The van der Waals surface area contributed by atoms with Gasteiger partial charge < -0.3 is 4.98 Å². The molecule has 0 saturated heterocycles. The number of aromatic nitrogens is 1. The number of aryl methyl sites for hydroxylation is 1. The first-order valence-corrected chi connectivity index (χ1v) is 7.26. The summed E-state index contributed by atoms with van der Waals surface area (Å²) in [5.74, 6) is 0. The molecule has 3 rings (SSSR count). The van der Waals surface area contributed by atoms with Crippen molar-refractivity contribution in [3.05, 3.63) is 68.3 Å². The smallest absolute Gasteiger partial charge is 0.192 e. The molecule has 0 aliphatic carbocycles. The lowest BCUT2D eigenvalue weighted by Gasteiger charge is -2.11. The normalized spacial score (nSPS) is 10.9. The van der Waals surface area contributed by atoms with Gasteiger partial charge in [0.15, 0.2) is 5.43 Å². The van der Waals surface area contributed by atoms with E-state index in [9.17, 15) is 4.79 Å². The van der Waals surface area contributed by atoms with Crippen molar-refractivity contribution in [2.75, 3.05) is 0 Å². The molecule has 1 heterocycles. The van der Waals surface area contributed by atoms with Crippen LogP contribution < -0.4 is 5.43 Å². The molecule has 2 nitrogen and oxygen atoms in total. The zero-order valence-electron chi connectivity index (χ0n) is 11.3. The predicted octanol–water partition coefficient (Wildman–Crippen LogP) is 4.57. The number of hydrogen-bond acceptors (Lipinski definition) is 1. The van der Waals surface area contributed by atoms with E-state index in [1.165, 1.54) is 0 Å². The van der Waals surface area contributed by atoms with Crippen LogP contribution in [0, 0.1) is 13.8 Å². The van der Waals surface area contributed by atoms with Crippen LogP contribution in [0.4, 0.5) is 0 Å². The summed E-state index contributed by atoms with van der Waals surface area (Å²) in [5, 5.41) is 0.722. The van der Waals surface area contributed by atoms with Gasteiger partial charge in [-0.25, -0.2) is 0 Å². The predicted molar refractivity (Wildman–Crippen MR) is 87.2 cm³/mol. The van der Waals surface area contributed by atoms with E-state index in [4.69, 9.17) is 0 Å². The highest BCUT2D eigenvalue weighted by Gasteiger charge is 2.12. The maximum atomic E-state index is 12.5. The number of nitrogens with one attached hydrogen (secondary N) is 1. The van der Waals surface area contributed by atoms with E-state index in [1.807, 2.05) is 56.3 Å². The van der Waals surface area contributed by atoms with Crippen molar-refractivity contribution in [1.82, 2.24) is 4.98 Å². The Kier molecular flexibility index (Phi) is 3.22. The molecular formula is C17H14BrNO. The Bertz CT molecular complexity index is 850. The van der Waals surface area contributed by atoms with Crippen molar-refractivity contribution < 1.29 is 0 Å². The van der Waals surface area contributed by atoms with Gasteiger partial charge in [0, 0.05) is 15.4 Å². The van der Waals surface area contributed by atoms with Gasteiger partial charge in [0.2, 0.25) is 0 Å². The minimum Gasteiger partial charge on any atom is -0.353 e. The fraction of sp³-hybridized carbons (Fsp3) is 0.118. The maximum Gasteiger partial charge on any atom is 0.192 e. The Balaban J connectivity index is 2.44. The van der Waals surface area contributed by atoms with E-state index >= 15 is 0 Å². The number of fused-ring (bicyclic) bond motifs is 1. The van der Waals surface area contributed by atoms with E-state index in [1.54, 1.807) is 0 Å². The van der Waals surface area contributed by atoms with E-state index in [2.05, 4.69) is 20.9 Å². The molecule has 1 aromatic heterocycles. The van der Waals surface area contributed by atoms with Crippen LogP contribution in [0.1, 0.15) is 11.1 Å². The molecule has 3 aromatic rings. The second-order valence-corrected chi connectivity index (χ2v) is 5.73. The van der Waals surface area contributed by atoms with Gasteiger partial charge in [-0.15, -0.1) is 0 Å². The van der Waals surface area contributed by atoms with Gasteiger partial charge in [0.1, 0.15) is 0 Å². The Morgan fingerprint density at radius 1 is 1.00 bits per heavy atom. The second-order valence-electron chi connectivity index (χ2n) is 4.94. The van der Waals surface area contributed by atoms with Crippen molar-refractivity contribution in [3.8, 4) is 11.3 Å². The molecule has 2 aromatic carbocycles. The highest BCUT2D eigenvalue weighted by molar-refractivity contribution is 9.10. The SMILES string of the molecule is Cc1ccc2c(=O)c(C)c(-c3ccccc3)[nH]c2c1Br. The zero-order valence-corrected chi connectivity index (χ0v) is 12.9. The summed E-state index contributed by atoms with van der Waals surface area (Å²) in [6, 6.07) is 13.8. The molecule has 0 saturated carbocycles. The third-order valence-corrected chi connectivity index (χ3v) is 4.63. The van der Waals surface area contributed by atoms with Crippen molar-refractivity contribution in [2.45, 2.75) is 13.8 Å². The molecule has 0 bridgehead atoms. The van der Waals surface area contributed by atoms with Crippen LogP contribution in [0.15, 0.2) is 51.7 Å². The van der Waals surface area contributed by atoms with Gasteiger partial charge in [0.05, 0.1) is 11.2 Å². The Morgan fingerprint density at radius 2 is 1.70 bits per heavy atom. The first kappa shape index (κ1) is 13.1. The summed E-state index contributed by atoms with van der Waals surface area (Å²) in [6.07, 6.45) is 0. The highest BCUT2D eigenvalue weighted by atomic mass is 79.9. The summed E-state index contributed by atoms with van der Waals surface area (Å²) in [5.41, 5.74) is 4.71. The Morgan fingerprint density at radius 3 is 2.40 bits per heavy atom. The molecule has 3 heteroatoms.